The summed E-state index contributed by atoms with van der Waals surface area (Å²) >= 11 is 5.80. The highest BCUT2D eigenvalue weighted by atomic mass is 35.5. The molecule has 0 radical (unpaired) electrons. The van der Waals surface area contributed by atoms with E-state index in [1.54, 1.807) is 6.92 Å². The second kappa shape index (κ2) is 8.11. The lowest BCUT2D eigenvalue weighted by Gasteiger charge is -2.10. The molecule has 11 heteroatoms. The van der Waals surface area contributed by atoms with E-state index in [2.05, 4.69) is 20.7 Å². The Kier molecular flexibility index (Phi) is 5.90. The van der Waals surface area contributed by atoms with Gasteiger partial charge in [0.15, 0.2) is 5.75 Å². The van der Waals surface area contributed by atoms with Gasteiger partial charge in [0.25, 0.3) is 5.56 Å². The van der Waals surface area contributed by atoms with Crippen molar-refractivity contribution in [1.82, 2.24) is 10.2 Å². The molecule has 132 valence electrons. The van der Waals surface area contributed by atoms with Gasteiger partial charge in [-0.25, -0.2) is 5.10 Å². The highest BCUT2D eigenvalue weighted by Gasteiger charge is 2.21. The first-order valence-electron chi connectivity index (χ1n) is 6.99. The summed E-state index contributed by atoms with van der Waals surface area (Å²) in [5.41, 5.74) is 2.29. The van der Waals surface area contributed by atoms with Crippen LogP contribution in [0.25, 0.3) is 0 Å². The van der Waals surface area contributed by atoms with Gasteiger partial charge in [0, 0.05) is 11.6 Å². The Morgan fingerprint density at radius 3 is 2.92 bits per heavy atom. The van der Waals surface area contributed by atoms with Gasteiger partial charge in [-0.05, 0) is 13.0 Å². The van der Waals surface area contributed by atoms with E-state index in [0.717, 1.165) is 0 Å². The van der Waals surface area contributed by atoms with E-state index in [1.165, 1.54) is 31.7 Å². The van der Waals surface area contributed by atoms with E-state index < -0.39 is 10.5 Å². The number of hydrogen-bond donors (Lipinski definition) is 2. The number of H-pyrrole nitrogens is 1. The molecule has 1 heterocycles. The van der Waals surface area contributed by atoms with Crippen molar-refractivity contribution in [2.24, 2.45) is 5.10 Å². The van der Waals surface area contributed by atoms with E-state index in [1.807, 2.05) is 0 Å². The number of aromatic nitrogens is 2. The Morgan fingerprint density at radius 1 is 1.52 bits per heavy atom. The number of aromatic amines is 1. The number of hydrazone groups is 1. The van der Waals surface area contributed by atoms with Gasteiger partial charge in [0.2, 0.25) is 5.75 Å². The first-order valence-corrected chi connectivity index (χ1v) is 7.37. The van der Waals surface area contributed by atoms with Crippen LogP contribution in [-0.4, -0.2) is 35.1 Å². The van der Waals surface area contributed by atoms with Crippen molar-refractivity contribution in [2.75, 3.05) is 19.1 Å². The van der Waals surface area contributed by atoms with E-state index in [9.17, 15) is 14.9 Å². The normalized spacial score (nSPS) is 10.7. The predicted molar refractivity (Wildman–Crippen MR) is 91.9 cm³/mol. The Balaban J connectivity index is 2.32. The van der Waals surface area contributed by atoms with Gasteiger partial charge >= 0.3 is 5.69 Å². The molecule has 0 saturated carbocycles. The number of nitro groups is 1. The fourth-order valence-corrected chi connectivity index (χ4v) is 2.03. The van der Waals surface area contributed by atoms with Crippen LogP contribution in [0.15, 0.2) is 28.2 Å². The fourth-order valence-electron chi connectivity index (χ4n) is 1.90. The number of ether oxygens (including phenoxy) is 2. The Labute approximate surface area is 146 Å². The lowest BCUT2D eigenvalue weighted by molar-refractivity contribution is -0.385. The van der Waals surface area contributed by atoms with Crippen LogP contribution in [0.4, 0.5) is 11.4 Å². The third-order valence-electron chi connectivity index (χ3n) is 2.96. The largest absolute Gasteiger partial charge is 0.493 e. The zero-order valence-electron chi connectivity index (χ0n) is 13.3. The van der Waals surface area contributed by atoms with Crippen molar-refractivity contribution in [3.8, 4) is 11.5 Å². The van der Waals surface area contributed by atoms with Gasteiger partial charge in [0.1, 0.15) is 10.7 Å². The maximum Gasteiger partial charge on any atom is 0.315 e. The summed E-state index contributed by atoms with van der Waals surface area (Å²) in [5, 5.41) is 20.8. The van der Waals surface area contributed by atoms with Crippen molar-refractivity contribution in [1.29, 1.82) is 0 Å². The maximum atomic E-state index is 11.3. The summed E-state index contributed by atoms with van der Waals surface area (Å²) < 4.78 is 10.4. The van der Waals surface area contributed by atoms with Gasteiger partial charge in [-0.15, -0.1) is 0 Å². The number of halogens is 1. The van der Waals surface area contributed by atoms with Gasteiger partial charge in [-0.1, -0.05) is 11.6 Å². The molecule has 2 aromatic rings. The molecule has 2 rings (SSSR count). The molecule has 0 fully saturated rings. The second-order valence-corrected chi connectivity index (χ2v) is 4.94. The van der Waals surface area contributed by atoms with Crippen LogP contribution < -0.4 is 20.5 Å². The summed E-state index contributed by atoms with van der Waals surface area (Å²) in [7, 11) is 1.38. The Hall–Kier alpha value is -3.14. The van der Waals surface area contributed by atoms with Crippen LogP contribution in [0.2, 0.25) is 5.02 Å². The number of benzene rings is 1. The molecule has 0 aliphatic rings. The summed E-state index contributed by atoms with van der Waals surface area (Å²) in [6, 6.07) is 2.82. The van der Waals surface area contributed by atoms with E-state index in [-0.39, 0.29) is 34.5 Å². The van der Waals surface area contributed by atoms with Gasteiger partial charge < -0.3 is 9.47 Å². The third kappa shape index (κ3) is 4.23. The minimum absolute atomic E-state index is 0.0435. The smallest absolute Gasteiger partial charge is 0.315 e. The molecule has 25 heavy (non-hydrogen) atoms. The molecule has 0 bridgehead atoms. The van der Waals surface area contributed by atoms with Crippen LogP contribution >= 0.6 is 11.6 Å². The van der Waals surface area contributed by atoms with Gasteiger partial charge in [0.05, 0.1) is 31.1 Å². The molecule has 0 spiro atoms. The van der Waals surface area contributed by atoms with Crippen molar-refractivity contribution < 1.29 is 14.4 Å². The van der Waals surface area contributed by atoms with Crippen molar-refractivity contribution in [3.63, 3.8) is 0 Å². The highest BCUT2D eigenvalue weighted by Crippen LogP contribution is 2.37. The summed E-state index contributed by atoms with van der Waals surface area (Å²) in [5.74, 6) is 0.246. The summed E-state index contributed by atoms with van der Waals surface area (Å²) in [6.07, 6.45) is 2.59. The maximum absolute atomic E-state index is 11.3. The number of nitrogens with one attached hydrogen (secondary N) is 2. The minimum atomic E-state index is -0.574. The molecule has 0 amide bonds. The predicted octanol–water partition coefficient (Wildman–Crippen LogP) is 2.18. The molecular formula is C14H14ClN5O5. The lowest BCUT2D eigenvalue weighted by Crippen LogP contribution is -2.10. The van der Waals surface area contributed by atoms with Crippen molar-refractivity contribution in [2.45, 2.75) is 6.92 Å². The van der Waals surface area contributed by atoms with Crippen LogP contribution in [-0.2, 0) is 0 Å². The van der Waals surface area contributed by atoms with E-state index in [0.29, 0.717) is 5.56 Å². The second-order valence-electron chi connectivity index (χ2n) is 4.56. The van der Waals surface area contributed by atoms with Crippen LogP contribution in [0.1, 0.15) is 12.5 Å². The molecule has 0 atom stereocenters. The van der Waals surface area contributed by atoms with Crippen molar-refractivity contribution in [3.05, 3.63) is 49.4 Å². The molecule has 2 N–H and O–H groups in total. The number of anilines is 1. The number of methoxy groups -OCH3 is 1. The fraction of sp³-hybridized carbons (Fsp3) is 0.214. The molecule has 1 aromatic carbocycles. The van der Waals surface area contributed by atoms with Gasteiger partial charge in [-0.3, -0.25) is 20.3 Å². The standard InChI is InChI=1S/C14H14ClN5O5/c1-3-25-13-10(20(22)23)4-8(5-11(13)24-2)6-16-18-9-7-17-19-14(21)12(9)15/h4-7H,3H2,1-2H3,(H2,18,19,21)/b16-6-. The molecule has 0 saturated heterocycles. The van der Waals surface area contributed by atoms with Crippen LogP contribution in [0.3, 0.4) is 0 Å². The minimum Gasteiger partial charge on any atom is -0.493 e. The Bertz CT molecular complexity index is 867. The van der Waals surface area contributed by atoms with Crippen LogP contribution in [0, 0.1) is 10.1 Å². The topological polar surface area (TPSA) is 132 Å². The quantitative estimate of drug-likeness (QED) is 0.435. The van der Waals surface area contributed by atoms with Crippen LogP contribution in [0.5, 0.6) is 11.5 Å². The number of nitrogens with zero attached hydrogens (tertiary/aromatic N) is 3. The van der Waals surface area contributed by atoms with Crippen molar-refractivity contribution >= 4 is 29.2 Å². The summed E-state index contributed by atoms with van der Waals surface area (Å²) in [6.45, 7) is 1.96. The zero-order chi connectivity index (χ0) is 18.4. The van der Waals surface area contributed by atoms with Gasteiger partial charge in [-0.2, -0.15) is 10.2 Å². The highest BCUT2D eigenvalue weighted by molar-refractivity contribution is 6.32. The monoisotopic (exact) mass is 367 g/mol. The molecule has 0 aliphatic heterocycles. The lowest BCUT2D eigenvalue weighted by atomic mass is 10.2. The average Bonchev–Trinajstić information content (AvgIpc) is 2.59. The molecule has 0 aliphatic carbocycles. The zero-order valence-corrected chi connectivity index (χ0v) is 14.0. The summed E-state index contributed by atoms with van der Waals surface area (Å²) in [4.78, 5) is 22.0. The Morgan fingerprint density at radius 2 is 2.28 bits per heavy atom. The third-order valence-corrected chi connectivity index (χ3v) is 3.33. The van der Waals surface area contributed by atoms with E-state index in [4.69, 9.17) is 21.1 Å². The molecule has 0 unspecified atom stereocenters. The number of nitro benzene ring substituents is 1. The van der Waals surface area contributed by atoms with E-state index >= 15 is 0 Å². The molecule has 1 aromatic heterocycles. The molecular weight excluding hydrogens is 354 g/mol. The first-order chi connectivity index (χ1) is 12.0. The first kappa shape index (κ1) is 18.2. The number of hydrogen-bond acceptors (Lipinski definition) is 8. The molecule has 10 nitrogen and oxygen atoms in total. The SMILES string of the molecule is CCOc1c(OC)cc(/C=N\Nc2cn[nH]c(=O)c2Cl)cc1[N+](=O)[O-]. The average molecular weight is 368 g/mol. The number of rotatable bonds is 7.